The Balaban J connectivity index is 2.04. The standard InChI is InChI=1S/C18H21NO2/c1-12-9-10-17(14(3)11-12)21-15(4)18(20)19-16-8-6-5-7-13(16)2/h5-11,15H,1-4H3,(H,19,20)/t15-/m0/s1. The SMILES string of the molecule is Cc1ccc(O[C@@H](C)C(=O)Nc2ccccc2C)c(C)c1. The molecule has 3 heteroatoms. The first-order valence-corrected chi connectivity index (χ1v) is 7.08. The van der Waals surface area contributed by atoms with Gasteiger partial charge in [-0.25, -0.2) is 0 Å². The van der Waals surface area contributed by atoms with E-state index in [1.807, 2.05) is 63.2 Å². The zero-order valence-corrected chi connectivity index (χ0v) is 12.9. The first-order chi connectivity index (χ1) is 9.97. The number of benzene rings is 2. The molecule has 2 rings (SSSR count). The number of hydrogen-bond acceptors (Lipinski definition) is 2. The van der Waals surface area contributed by atoms with Crippen molar-refractivity contribution < 1.29 is 9.53 Å². The lowest BCUT2D eigenvalue weighted by molar-refractivity contribution is -0.122. The Bertz CT molecular complexity index is 649. The predicted octanol–water partition coefficient (Wildman–Crippen LogP) is 4.02. The molecule has 1 amide bonds. The summed E-state index contributed by atoms with van der Waals surface area (Å²) in [4.78, 5) is 12.2. The lowest BCUT2D eigenvalue weighted by atomic mass is 10.1. The van der Waals surface area contributed by atoms with Gasteiger partial charge in [-0.05, 0) is 51.0 Å². The normalized spacial score (nSPS) is 11.8. The topological polar surface area (TPSA) is 38.3 Å². The molecule has 0 aliphatic rings. The van der Waals surface area contributed by atoms with E-state index in [4.69, 9.17) is 4.74 Å². The largest absolute Gasteiger partial charge is 0.481 e. The Hall–Kier alpha value is -2.29. The average Bonchev–Trinajstić information content (AvgIpc) is 2.44. The van der Waals surface area contributed by atoms with Crippen LogP contribution in [0.3, 0.4) is 0 Å². The quantitative estimate of drug-likeness (QED) is 0.920. The summed E-state index contributed by atoms with van der Waals surface area (Å²) in [6.07, 6.45) is -0.550. The van der Waals surface area contributed by atoms with Crippen molar-refractivity contribution in [2.45, 2.75) is 33.8 Å². The lowest BCUT2D eigenvalue weighted by Gasteiger charge is -2.17. The van der Waals surface area contributed by atoms with Crippen molar-refractivity contribution in [2.24, 2.45) is 0 Å². The third-order valence-electron chi connectivity index (χ3n) is 3.41. The highest BCUT2D eigenvalue weighted by molar-refractivity contribution is 5.94. The van der Waals surface area contributed by atoms with Crippen LogP contribution in [-0.2, 0) is 4.79 Å². The van der Waals surface area contributed by atoms with Gasteiger partial charge < -0.3 is 10.1 Å². The van der Waals surface area contributed by atoms with Crippen LogP contribution in [0, 0.1) is 20.8 Å². The molecule has 0 unspecified atom stereocenters. The van der Waals surface area contributed by atoms with Gasteiger partial charge in [-0.3, -0.25) is 4.79 Å². The fourth-order valence-electron chi connectivity index (χ4n) is 2.12. The molecule has 1 atom stereocenters. The van der Waals surface area contributed by atoms with E-state index in [1.54, 1.807) is 6.92 Å². The number of para-hydroxylation sites is 1. The Labute approximate surface area is 126 Å². The van der Waals surface area contributed by atoms with Crippen molar-refractivity contribution in [1.29, 1.82) is 0 Å². The second kappa shape index (κ2) is 6.44. The molecule has 21 heavy (non-hydrogen) atoms. The van der Waals surface area contributed by atoms with Gasteiger partial charge in [0.15, 0.2) is 6.10 Å². The van der Waals surface area contributed by atoms with Crippen LogP contribution < -0.4 is 10.1 Å². The van der Waals surface area contributed by atoms with Crippen LogP contribution in [0.25, 0.3) is 0 Å². The van der Waals surface area contributed by atoms with Crippen LogP contribution in [0.2, 0.25) is 0 Å². The summed E-state index contributed by atoms with van der Waals surface area (Å²) in [5, 5.41) is 2.90. The molecular formula is C18H21NO2. The first kappa shape index (κ1) is 15.1. The molecule has 1 N–H and O–H groups in total. The van der Waals surface area contributed by atoms with Crippen LogP contribution in [0.5, 0.6) is 5.75 Å². The smallest absolute Gasteiger partial charge is 0.265 e. The fourth-order valence-corrected chi connectivity index (χ4v) is 2.12. The lowest BCUT2D eigenvalue weighted by Crippen LogP contribution is -2.30. The van der Waals surface area contributed by atoms with Crippen molar-refractivity contribution in [3.05, 3.63) is 59.2 Å². The number of carbonyl (C=O) groups is 1. The second-order valence-corrected chi connectivity index (χ2v) is 5.33. The van der Waals surface area contributed by atoms with E-state index in [1.165, 1.54) is 5.56 Å². The van der Waals surface area contributed by atoms with Crippen molar-refractivity contribution in [3.63, 3.8) is 0 Å². The molecule has 0 aliphatic carbocycles. The van der Waals surface area contributed by atoms with E-state index in [9.17, 15) is 4.79 Å². The molecule has 0 saturated carbocycles. The summed E-state index contributed by atoms with van der Waals surface area (Å²) < 4.78 is 5.76. The van der Waals surface area contributed by atoms with Gasteiger partial charge in [0.25, 0.3) is 5.91 Å². The Morgan fingerprint density at radius 1 is 1.05 bits per heavy atom. The minimum absolute atomic E-state index is 0.149. The van der Waals surface area contributed by atoms with Crippen LogP contribution in [0.15, 0.2) is 42.5 Å². The highest BCUT2D eigenvalue weighted by atomic mass is 16.5. The molecule has 2 aromatic rings. The van der Waals surface area contributed by atoms with Gasteiger partial charge in [0.05, 0.1) is 0 Å². The molecule has 0 aliphatic heterocycles. The van der Waals surface area contributed by atoms with Gasteiger partial charge in [0.2, 0.25) is 0 Å². The molecule has 110 valence electrons. The number of hydrogen-bond donors (Lipinski definition) is 1. The maximum atomic E-state index is 12.2. The second-order valence-electron chi connectivity index (χ2n) is 5.33. The van der Waals surface area contributed by atoms with Crippen LogP contribution in [0.1, 0.15) is 23.6 Å². The molecule has 2 aromatic carbocycles. The summed E-state index contributed by atoms with van der Waals surface area (Å²) in [5.41, 5.74) is 4.06. The van der Waals surface area contributed by atoms with Crippen molar-refractivity contribution in [1.82, 2.24) is 0 Å². The van der Waals surface area contributed by atoms with E-state index in [2.05, 4.69) is 5.32 Å². The van der Waals surface area contributed by atoms with E-state index >= 15 is 0 Å². The molecule has 0 aromatic heterocycles. The monoisotopic (exact) mass is 283 g/mol. The highest BCUT2D eigenvalue weighted by Crippen LogP contribution is 2.21. The van der Waals surface area contributed by atoms with E-state index in [0.29, 0.717) is 0 Å². The average molecular weight is 283 g/mol. The minimum Gasteiger partial charge on any atom is -0.481 e. The van der Waals surface area contributed by atoms with E-state index < -0.39 is 6.10 Å². The summed E-state index contributed by atoms with van der Waals surface area (Å²) >= 11 is 0. The number of ether oxygens (including phenoxy) is 1. The Morgan fingerprint density at radius 3 is 2.43 bits per heavy atom. The summed E-state index contributed by atoms with van der Waals surface area (Å²) in [5.74, 6) is 0.595. The van der Waals surface area contributed by atoms with Crippen molar-refractivity contribution in [3.8, 4) is 5.75 Å². The summed E-state index contributed by atoms with van der Waals surface area (Å²) in [6, 6.07) is 13.6. The van der Waals surface area contributed by atoms with Crippen LogP contribution in [0.4, 0.5) is 5.69 Å². The van der Waals surface area contributed by atoms with Crippen molar-refractivity contribution in [2.75, 3.05) is 5.32 Å². The fraction of sp³-hybridized carbons (Fsp3) is 0.278. The number of anilines is 1. The molecular weight excluding hydrogens is 262 g/mol. The number of rotatable bonds is 4. The van der Waals surface area contributed by atoms with Gasteiger partial charge in [0.1, 0.15) is 5.75 Å². The molecule has 3 nitrogen and oxygen atoms in total. The number of nitrogens with one attached hydrogen (secondary N) is 1. The third-order valence-corrected chi connectivity index (χ3v) is 3.41. The molecule has 0 spiro atoms. The number of amides is 1. The Kier molecular flexibility index (Phi) is 4.63. The summed E-state index contributed by atoms with van der Waals surface area (Å²) in [7, 11) is 0. The van der Waals surface area contributed by atoms with E-state index in [0.717, 1.165) is 22.6 Å². The number of carbonyl (C=O) groups excluding carboxylic acids is 1. The minimum atomic E-state index is -0.550. The first-order valence-electron chi connectivity index (χ1n) is 7.08. The van der Waals surface area contributed by atoms with Gasteiger partial charge in [-0.2, -0.15) is 0 Å². The molecule has 0 fully saturated rings. The Morgan fingerprint density at radius 2 is 1.76 bits per heavy atom. The third kappa shape index (κ3) is 3.85. The van der Waals surface area contributed by atoms with Gasteiger partial charge in [-0.1, -0.05) is 35.9 Å². The number of aryl methyl sites for hydroxylation is 3. The van der Waals surface area contributed by atoms with Gasteiger partial charge >= 0.3 is 0 Å². The zero-order valence-electron chi connectivity index (χ0n) is 12.9. The predicted molar refractivity (Wildman–Crippen MR) is 85.8 cm³/mol. The van der Waals surface area contributed by atoms with Crippen LogP contribution in [-0.4, -0.2) is 12.0 Å². The van der Waals surface area contributed by atoms with Gasteiger partial charge in [0, 0.05) is 5.69 Å². The highest BCUT2D eigenvalue weighted by Gasteiger charge is 2.16. The van der Waals surface area contributed by atoms with E-state index in [-0.39, 0.29) is 5.91 Å². The molecule has 0 radical (unpaired) electrons. The van der Waals surface area contributed by atoms with Crippen LogP contribution >= 0.6 is 0 Å². The molecule has 0 saturated heterocycles. The molecule has 0 heterocycles. The molecule has 0 bridgehead atoms. The maximum Gasteiger partial charge on any atom is 0.265 e. The van der Waals surface area contributed by atoms with Crippen molar-refractivity contribution >= 4 is 11.6 Å². The summed E-state index contributed by atoms with van der Waals surface area (Å²) in [6.45, 7) is 7.73. The van der Waals surface area contributed by atoms with Gasteiger partial charge in [-0.15, -0.1) is 0 Å². The maximum absolute atomic E-state index is 12.2. The zero-order chi connectivity index (χ0) is 15.4.